The van der Waals surface area contributed by atoms with Gasteiger partial charge in [0.2, 0.25) is 0 Å². The second-order valence-electron chi connectivity index (χ2n) is 5.92. The number of aromatic nitrogens is 2. The zero-order valence-electron chi connectivity index (χ0n) is 12.8. The summed E-state index contributed by atoms with van der Waals surface area (Å²) in [5.74, 6) is -0.234. The standard InChI is InChI=1S/C18H16ClFN2O/c1-18(2,12-3-8-15(19)16(23)9-12)17-10-21-11-22(17)14-6-4-13(20)5-7-14/h3-11,23H,1-2H3. The average molecular weight is 331 g/mol. The molecule has 0 atom stereocenters. The van der Waals surface area contributed by atoms with Crippen LogP contribution in [0.5, 0.6) is 5.75 Å². The molecule has 0 bridgehead atoms. The molecule has 0 amide bonds. The largest absolute Gasteiger partial charge is 0.506 e. The van der Waals surface area contributed by atoms with Gasteiger partial charge >= 0.3 is 0 Å². The van der Waals surface area contributed by atoms with Gasteiger partial charge in [-0.15, -0.1) is 0 Å². The van der Waals surface area contributed by atoms with Gasteiger partial charge in [-0.1, -0.05) is 31.5 Å². The summed E-state index contributed by atoms with van der Waals surface area (Å²) in [4.78, 5) is 4.23. The van der Waals surface area contributed by atoms with E-state index in [-0.39, 0.29) is 11.6 Å². The second kappa shape index (κ2) is 5.70. The van der Waals surface area contributed by atoms with Crippen molar-refractivity contribution in [1.82, 2.24) is 9.55 Å². The number of hydrogen-bond donors (Lipinski definition) is 1. The third kappa shape index (κ3) is 2.82. The van der Waals surface area contributed by atoms with Crippen LogP contribution >= 0.6 is 11.6 Å². The van der Waals surface area contributed by atoms with Gasteiger partial charge < -0.3 is 9.67 Å². The lowest BCUT2D eigenvalue weighted by molar-refractivity contribution is 0.472. The summed E-state index contributed by atoms with van der Waals surface area (Å²) in [5, 5.41) is 10.2. The normalized spacial score (nSPS) is 11.7. The number of phenolic OH excluding ortho intramolecular Hbond substituents is 1. The second-order valence-corrected chi connectivity index (χ2v) is 6.32. The molecular weight excluding hydrogens is 315 g/mol. The molecule has 0 aliphatic carbocycles. The van der Waals surface area contributed by atoms with E-state index in [0.717, 1.165) is 16.9 Å². The molecule has 1 heterocycles. The number of phenols is 1. The minimum atomic E-state index is -0.424. The van der Waals surface area contributed by atoms with E-state index in [1.807, 2.05) is 24.5 Å². The Hall–Kier alpha value is -2.33. The average Bonchev–Trinajstić information content (AvgIpc) is 3.01. The Morgan fingerprint density at radius 1 is 1.13 bits per heavy atom. The number of imidazole rings is 1. The van der Waals surface area contributed by atoms with Crippen LogP contribution in [-0.2, 0) is 5.41 Å². The summed E-state index contributed by atoms with van der Waals surface area (Å²) in [6.07, 6.45) is 3.47. The van der Waals surface area contributed by atoms with Gasteiger partial charge in [0.1, 0.15) is 11.6 Å². The zero-order chi connectivity index (χ0) is 16.6. The number of rotatable bonds is 3. The summed E-state index contributed by atoms with van der Waals surface area (Å²) in [7, 11) is 0. The molecular formula is C18H16ClFN2O. The monoisotopic (exact) mass is 330 g/mol. The Kier molecular flexibility index (Phi) is 3.86. The molecule has 1 N–H and O–H groups in total. The molecule has 0 fully saturated rings. The lowest BCUT2D eigenvalue weighted by Gasteiger charge is -2.27. The fraction of sp³-hybridized carbons (Fsp3) is 0.167. The topological polar surface area (TPSA) is 38.1 Å². The van der Waals surface area contributed by atoms with Crippen LogP contribution in [0.4, 0.5) is 4.39 Å². The van der Waals surface area contributed by atoms with Gasteiger partial charge in [0, 0.05) is 17.3 Å². The summed E-state index contributed by atoms with van der Waals surface area (Å²) in [5.41, 5.74) is 2.23. The van der Waals surface area contributed by atoms with Crippen molar-refractivity contribution in [3.8, 4) is 11.4 Å². The van der Waals surface area contributed by atoms with Gasteiger partial charge in [-0.3, -0.25) is 0 Å². The quantitative estimate of drug-likeness (QED) is 0.756. The van der Waals surface area contributed by atoms with Crippen LogP contribution in [0.3, 0.4) is 0 Å². The Balaban J connectivity index is 2.09. The summed E-state index contributed by atoms with van der Waals surface area (Å²) >= 11 is 5.89. The fourth-order valence-electron chi connectivity index (χ4n) is 2.61. The summed E-state index contributed by atoms with van der Waals surface area (Å²) in [6, 6.07) is 11.5. The Bertz CT molecular complexity index is 840. The van der Waals surface area contributed by atoms with Crippen LogP contribution in [0.2, 0.25) is 5.02 Å². The molecule has 3 aromatic rings. The van der Waals surface area contributed by atoms with E-state index in [1.54, 1.807) is 36.8 Å². The van der Waals surface area contributed by atoms with Crippen molar-refractivity contribution in [2.24, 2.45) is 0 Å². The molecule has 0 radical (unpaired) electrons. The maximum atomic E-state index is 13.1. The minimum Gasteiger partial charge on any atom is -0.506 e. The van der Waals surface area contributed by atoms with E-state index in [1.165, 1.54) is 12.1 Å². The molecule has 0 aliphatic heterocycles. The Morgan fingerprint density at radius 2 is 1.83 bits per heavy atom. The predicted octanol–water partition coefficient (Wildman–Crippen LogP) is 4.70. The van der Waals surface area contributed by atoms with Gasteiger partial charge in [-0.2, -0.15) is 0 Å². The van der Waals surface area contributed by atoms with Crippen molar-refractivity contribution >= 4 is 11.6 Å². The van der Waals surface area contributed by atoms with E-state index in [0.29, 0.717) is 5.02 Å². The molecule has 3 rings (SSSR count). The maximum Gasteiger partial charge on any atom is 0.134 e. The van der Waals surface area contributed by atoms with Crippen molar-refractivity contribution in [3.05, 3.63) is 77.1 Å². The van der Waals surface area contributed by atoms with Crippen LogP contribution in [0, 0.1) is 5.82 Å². The Labute approximate surface area is 139 Å². The third-order valence-corrected chi connectivity index (χ3v) is 4.37. The lowest BCUT2D eigenvalue weighted by atomic mass is 9.81. The highest BCUT2D eigenvalue weighted by atomic mass is 35.5. The molecule has 2 aromatic carbocycles. The first kappa shape index (κ1) is 15.6. The molecule has 0 unspecified atom stereocenters. The van der Waals surface area contributed by atoms with Gasteiger partial charge in [-0.05, 0) is 42.0 Å². The number of nitrogens with zero attached hydrogens (tertiary/aromatic N) is 2. The molecule has 1 aromatic heterocycles. The molecule has 23 heavy (non-hydrogen) atoms. The highest BCUT2D eigenvalue weighted by Crippen LogP contribution is 2.36. The highest BCUT2D eigenvalue weighted by Gasteiger charge is 2.28. The number of halogens is 2. The first-order valence-corrected chi connectivity index (χ1v) is 7.55. The molecule has 0 aliphatic rings. The van der Waals surface area contributed by atoms with Crippen molar-refractivity contribution < 1.29 is 9.50 Å². The Morgan fingerprint density at radius 3 is 2.48 bits per heavy atom. The fourth-order valence-corrected chi connectivity index (χ4v) is 2.73. The van der Waals surface area contributed by atoms with Crippen molar-refractivity contribution in [2.75, 3.05) is 0 Å². The number of benzene rings is 2. The van der Waals surface area contributed by atoms with Crippen LogP contribution in [0.15, 0.2) is 55.0 Å². The van der Waals surface area contributed by atoms with Crippen LogP contribution in [-0.4, -0.2) is 14.7 Å². The molecule has 3 nitrogen and oxygen atoms in total. The lowest BCUT2D eigenvalue weighted by Crippen LogP contribution is -2.22. The smallest absolute Gasteiger partial charge is 0.134 e. The SMILES string of the molecule is CC(C)(c1ccc(Cl)c(O)c1)c1cncn1-c1ccc(F)cc1. The van der Waals surface area contributed by atoms with Crippen LogP contribution in [0.1, 0.15) is 25.1 Å². The first-order chi connectivity index (χ1) is 10.9. The summed E-state index contributed by atoms with van der Waals surface area (Å²) < 4.78 is 15.1. The molecule has 0 spiro atoms. The van der Waals surface area contributed by atoms with E-state index in [9.17, 15) is 9.50 Å². The van der Waals surface area contributed by atoms with E-state index >= 15 is 0 Å². The van der Waals surface area contributed by atoms with Gasteiger partial charge in [-0.25, -0.2) is 9.37 Å². The predicted molar refractivity (Wildman–Crippen MR) is 88.8 cm³/mol. The first-order valence-electron chi connectivity index (χ1n) is 7.17. The van der Waals surface area contributed by atoms with Gasteiger partial charge in [0.15, 0.2) is 0 Å². The number of aromatic hydroxyl groups is 1. The van der Waals surface area contributed by atoms with E-state index in [2.05, 4.69) is 4.98 Å². The summed E-state index contributed by atoms with van der Waals surface area (Å²) in [6.45, 7) is 4.07. The van der Waals surface area contributed by atoms with Crippen molar-refractivity contribution in [2.45, 2.75) is 19.3 Å². The minimum absolute atomic E-state index is 0.0464. The zero-order valence-corrected chi connectivity index (χ0v) is 13.5. The van der Waals surface area contributed by atoms with E-state index < -0.39 is 5.41 Å². The van der Waals surface area contributed by atoms with Crippen LogP contribution in [0.25, 0.3) is 5.69 Å². The molecule has 0 saturated carbocycles. The van der Waals surface area contributed by atoms with Crippen molar-refractivity contribution in [1.29, 1.82) is 0 Å². The third-order valence-electron chi connectivity index (χ3n) is 4.05. The van der Waals surface area contributed by atoms with Gasteiger partial charge in [0.25, 0.3) is 0 Å². The number of hydrogen-bond acceptors (Lipinski definition) is 2. The van der Waals surface area contributed by atoms with Gasteiger partial charge in [0.05, 0.1) is 17.0 Å². The van der Waals surface area contributed by atoms with E-state index in [4.69, 9.17) is 11.6 Å². The highest BCUT2D eigenvalue weighted by molar-refractivity contribution is 6.32. The molecule has 5 heteroatoms. The molecule has 0 saturated heterocycles. The maximum absolute atomic E-state index is 13.1. The molecule has 118 valence electrons. The van der Waals surface area contributed by atoms with Crippen molar-refractivity contribution in [3.63, 3.8) is 0 Å². The van der Waals surface area contributed by atoms with Crippen LogP contribution < -0.4 is 0 Å².